The minimum Gasteiger partial charge on any atom is -0.481 e. The maximum Gasteiger partial charge on any atom is 0.416 e. The number of benzene rings is 2. The molecule has 10 heteroatoms. The Morgan fingerprint density at radius 3 is 2.35 bits per heavy atom. The lowest BCUT2D eigenvalue weighted by Crippen LogP contribution is -2.57. The number of fused-ring (bicyclic) bond motifs is 1. The number of hydrogen-bond donors (Lipinski definition) is 2. The highest BCUT2D eigenvalue weighted by atomic mass is 32.2. The third kappa shape index (κ3) is 5.74. The van der Waals surface area contributed by atoms with E-state index in [1.165, 1.54) is 19.1 Å². The highest BCUT2D eigenvalue weighted by Gasteiger charge is 2.42. The molecule has 3 rings (SSSR count). The molecule has 0 aromatic heterocycles. The molecule has 1 aliphatic carbocycles. The Kier molecular flexibility index (Phi) is 8.27. The smallest absolute Gasteiger partial charge is 0.416 e. The Labute approximate surface area is 199 Å². The first kappa shape index (κ1) is 25.6. The minimum atomic E-state index is -4.29. The van der Waals surface area contributed by atoms with Gasteiger partial charge >= 0.3 is 12.1 Å². The summed E-state index contributed by atoms with van der Waals surface area (Å²) in [5.41, 5.74) is 0. The van der Waals surface area contributed by atoms with Crippen LogP contribution in [0.3, 0.4) is 0 Å². The number of carbonyl (C=O) groups is 3. The fourth-order valence-electron chi connectivity index (χ4n) is 4.18. The van der Waals surface area contributed by atoms with Crippen LogP contribution in [-0.2, 0) is 24.3 Å². The monoisotopic (exact) mass is 490 g/mol. The van der Waals surface area contributed by atoms with Gasteiger partial charge in [0, 0.05) is 6.04 Å². The number of sulfonamides is 1. The van der Waals surface area contributed by atoms with E-state index in [9.17, 15) is 27.9 Å². The molecule has 1 unspecified atom stereocenters. The molecule has 1 aliphatic rings. The molecule has 0 aliphatic heterocycles. The highest BCUT2D eigenvalue weighted by molar-refractivity contribution is 7.89. The van der Waals surface area contributed by atoms with Crippen LogP contribution >= 0.6 is 0 Å². The van der Waals surface area contributed by atoms with E-state index in [1.54, 1.807) is 25.1 Å². The summed E-state index contributed by atoms with van der Waals surface area (Å²) in [5.74, 6) is -3.72. The number of carboxylic acids is 1. The molecular weight excluding hydrogens is 460 g/mol. The quantitative estimate of drug-likeness (QED) is 0.579. The van der Waals surface area contributed by atoms with Gasteiger partial charge in [-0.25, -0.2) is 18.1 Å². The van der Waals surface area contributed by atoms with E-state index in [1.807, 2.05) is 12.1 Å². The predicted molar refractivity (Wildman–Crippen MR) is 126 cm³/mol. The van der Waals surface area contributed by atoms with Gasteiger partial charge in [-0.1, -0.05) is 49.6 Å². The van der Waals surface area contributed by atoms with Crippen molar-refractivity contribution >= 4 is 38.8 Å². The Morgan fingerprint density at radius 1 is 1.09 bits per heavy atom. The maximum absolute atomic E-state index is 13.6. The number of carboxylic acid groups (broad SMARTS) is 1. The Hall–Kier alpha value is -2.98. The van der Waals surface area contributed by atoms with E-state index in [0.717, 1.165) is 29.5 Å². The van der Waals surface area contributed by atoms with Gasteiger partial charge in [0.2, 0.25) is 10.0 Å². The van der Waals surface area contributed by atoms with Gasteiger partial charge in [-0.05, 0) is 49.6 Å². The van der Waals surface area contributed by atoms with Crippen LogP contribution in [-0.4, -0.2) is 55.1 Å². The van der Waals surface area contributed by atoms with Gasteiger partial charge < -0.3 is 9.84 Å². The molecule has 0 radical (unpaired) electrons. The van der Waals surface area contributed by atoms with E-state index in [2.05, 4.69) is 4.72 Å². The standard InChI is InChI=1S/C24H30N2O7S/c1-3-33-24(30)26(19-11-5-4-6-12-19)22(27)21(16(2)23(28)29)25-34(31,32)20-14-13-17-9-7-8-10-18(17)15-20/h7-10,13-16,19,21,25H,3-6,11-12H2,1-2H3,(H,28,29)/t16-,21?/m0/s1. The second-order valence-electron chi connectivity index (χ2n) is 8.43. The molecule has 184 valence electrons. The van der Waals surface area contributed by atoms with E-state index in [0.29, 0.717) is 18.2 Å². The summed E-state index contributed by atoms with van der Waals surface area (Å²) in [4.78, 5) is 38.9. The van der Waals surface area contributed by atoms with Gasteiger partial charge in [0.25, 0.3) is 5.91 Å². The van der Waals surface area contributed by atoms with Gasteiger partial charge in [0.05, 0.1) is 17.4 Å². The van der Waals surface area contributed by atoms with Crippen molar-refractivity contribution in [1.82, 2.24) is 9.62 Å². The first-order valence-corrected chi connectivity index (χ1v) is 12.9. The van der Waals surface area contributed by atoms with Crippen molar-refractivity contribution in [2.45, 2.75) is 62.9 Å². The number of carbonyl (C=O) groups excluding carboxylic acids is 2. The average Bonchev–Trinajstić information content (AvgIpc) is 2.82. The van der Waals surface area contributed by atoms with E-state index in [-0.39, 0.29) is 11.5 Å². The molecule has 2 amide bonds. The number of nitrogens with zero attached hydrogens (tertiary/aromatic N) is 1. The van der Waals surface area contributed by atoms with Crippen molar-refractivity contribution in [3.63, 3.8) is 0 Å². The number of ether oxygens (including phenoxy) is 1. The van der Waals surface area contributed by atoms with Gasteiger partial charge in [0.15, 0.2) is 0 Å². The summed E-state index contributed by atoms with van der Waals surface area (Å²) >= 11 is 0. The van der Waals surface area contributed by atoms with Crippen LogP contribution in [0.4, 0.5) is 4.79 Å². The van der Waals surface area contributed by atoms with Crippen LogP contribution in [0.5, 0.6) is 0 Å². The first-order chi connectivity index (χ1) is 16.2. The normalized spacial score (nSPS) is 16.5. The zero-order valence-corrected chi connectivity index (χ0v) is 20.1. The number of rotatable bonds is 8. The molecule has 2 N–H and O–H groups in total. The molecule has 1 saturated carbocycles. The van der Waals surface area contributed by atoms with E-state index in [4.69, 9.17) is 4.74 Å². The fourth-order valence-corrected chi connectivity index (χ4v) is 5.48. The summed E-state index contributed by atoms with van der Waals surface area (Å²) in [6.45, 7) is 2.86. The lowest BCUT2D eigenvalue weighted by atomic mass is 9.93. The van der Waals surface area contributed by atoms with Gasteiger partial charge in [-0.3, -0.25) is 9.59 Å². The molecule has 9 nitrogen and oxygen atoms in total. The predicted octanol–water partition coefficient (Wildman–Crippen LogP) is 3.53. The lowest BCUT2D eigenvalue weighted by molar-refractivity contribution is -0.147. The van der Waals surface area contributed by atoms with Crippen molar-refractivity contribution in [3.05, 3.63) is 42.5 Å². The molecule has 0 heterocycles. The molecule has 0 bridgehead atoms. The lowest BCUT2D eigenvalue weighted by Gasteiger charge is -2.35. The van der Waals surface area contributed by atoms with Gasteiger partial charge in [0.1, 0.15) is 6.04 Å². The van der Waals surface area contributed by atoms with Crippen LogP contribution in [0.25, 0.3) is 10.8 Å². The second-order valence-corrected chi connectivity index (χ2v) is 10.1. The maximum atomic E-state index is 13.6. The minimum absolute atomic E-state index is 0.0251. The number of hydrogen-bond acceptors (Lipinski definition) is 6. The fraction of sp³-hybridized carbons (Fsp3) is 0.458. The number of amides is 2. The van der Waals surface area contributed by atoms with Crippen LogP contribution < -0.4 is 4.72 Å². The van der Waals surface area contributed by atoms with Crippen LogP contribution in [0.15, 0.2) is 47.4 Å². The number of aliphatic carboxylic acids is 1. The summed E-state index contributed by atoms with van der Waals surface area (Å²) in [6, 6.07) is 9.49. The zero-order chi connectivity index (χ0) is 24.9. The molecule has 2 aromatic rings. The highest BCUT2D eigenvalue weighted by Crippen LogP contribution is 2.26. The van der Waals surface area contributed by atoms with Crippen molar-refractivity contribution in [2.24, 2.45) is 5.92 Å². The molecule has 34 heavy (non-hydrogen) atoms. The Bertz CT molecular complexity index is 1160. The third-order valence-corrected chi connectivity index (χ3v) is 7.55. The summed E-state index contributed by atoms with van der Waals surface area (Å²) in [6.07, 6.45) is 2.77. The SMILES string of the molecule is CCOC(=O)N(C(=O)C(NS(=O)(=O)c1ccc2ccccc2c1)[C@H](C)C(=O)O)C1CCCCC1. The summed E-state index contributed by atoms with van der Waals surface area (Å²) in [7, 11) is -4.29. The van der Waals surface area contributed by atoms with Crippen LogP contribution in [0, 0.1) is 5.92 Å². The number of nitrogens with one attached hydrogen (secondary N) is 1. The number of imide groups is 1. The zero-order valence-electron chi connectivity index (χ0n) is 19.3. The van der Waals surface area contributed by atoms with Crippen LogP contribution in [0.1, 0.15) is 46.0 Å². The summed E-state index contributed by atoms with van der Waals surface area (Å²) in [5, 5.41) is 11.1. The van der Waals surface area contributed by atoms with Crippen molar-refractivity contribution in [2.75, 3.05) is 6.61 Å². The molecule has 0 spiro atoms. The van der Waals surface area contributed by atoms with Crippen molar-refractivity contribution < 1.29 is 32.6 Å². The average molecular weight is 491 g/mol. The Balaban J connectivity index is 1.97. The van der Waals surface area contributed by atoms with Gasteiger partial charge in [-0.2, -0.15) is 4.72 Å². The molecule has 0 saturated heterocycles. The first-order valence-electron chi connectivity index (χ1n) is 11.4. The molecule has 2 atom stereocenters. The van der Waals surface area contributed by atoms with Gasteiger partial charge in [-0.15, -0.1) is 0 Å². The van der Waals surface area contributed by atoms with Crippen LogP contribution in [0.2, 0.25) is 0 Å². The largest absolute Gasteiger partial charge is 0.481 e. The van der Waals surface area contributed by atoms with Crippen molar-refractivity contribution in [1.29, 1.82) is 0 Å². The van der Waals surface area contributed by atoms with Crippen molar-refractivity contribution in [3.8, 4) is 0 Å². The topological polar surface area (TPSA) is 130 Å². The molecular formula is C24H30N2O7S. The molecule has 1 fully saturated rings. The van der Waals surface area contributed by atoms with E-state index < -0.39 is 46.0 Å². The van der Waals surface area contributed by atoms with E-state index >= 15 is 0 Å². The second kappa shape index (κ2) is 11.0. The summed E-state index contributed by atoms with van der Waals surface area (Å²) < 4.78 is 33.8. The third-order valence-electron chi connectivity index (χ3n) is 6.11. The molecule has 2 aromatic carbocycles. The Morgan fingerprint density at radius 2 is 1.74 bits per heavy atom.